The second-order valence-corrected chi connectivity index (χ2v) is 20.8. The molecule has 0 radical (unpaired) electrons. The quantitative estimate of drug-likeness (QED) is 0.102. The van der Waals surface area contributed by atoms with Gasteiger partial charge in [0.25, 0.3) is 0 Å². The molecular weight excluding hydrogens is 1000 g/mol. The zero-order chi connectivity index (χ0) is 50.2. The van der Waals surface area contributed by atoms with Crippen LogP contribution in [0, 0.1) is 18.2 Å². The molecule has 1 aliphatic rings. The monoisotopic (exact) mass is 1070 g/mol. The van der Waals surface area contributed by atoms with Crippen LogP contribution in [0.5, 0.6) is 0 Å². The number of pyridine rings is 3. The normalized spacial score (nSPS) is 14.6. The minimum absolute atomic E-state index is 0. The fourth-order valence-electron chi connectivity index (χ4n) is 9.63. The van der Waals surface area contributed by atoms with E-state index in [2.05, 4.69) is 121 Å². The number of hydrogen-bond donors (Lipinski definition) is 0. The Hall–Kier alpha value is -5.80. The Kier molecular flexibility index (Phi) is 13.3. The number of rotatable bonds is 14. The van der Waals surface area contributed by atoms with Crippen molar-refractivity contribution in [1.29, 1.82) is 0 Å². The van der Waals surface area contributed by atoms with Crippen molar-refractivity contribution >= 4 is 0 Å². The van der Waals surface area contributed by atoms with Gasteiger partial charge in [-0.2, -0.15) is 0 Å². The van der Waals surface area contributed by atoms with Gasteiger partial charge in [0.05, 0.1) is 0 Å². The van der Waals surface area contributed by atoms with Crippen LogP contribution < -0.4 is 0 Å². The van der Waals surface area contributed by atoms with Crippen LogP contribution in [0.4, 0.5) is 0 Å². The van der Waals surface area contributed by atoms with E-state index in [9.17, 15) is 5.48 Å². The van der Waals surface area contributed by atoms with Crippen molar-refractivity contribution in [2.45, 2.75) is 122 Å². The van der Waals surface area contributed by atoms with E-state index < -0.39 is 23.6 Å². The molecule has 1 saturated carbocycles. The Balaban J connectivity index is 0.00000693. The maximum Gasteiger partial charge on any atom is 3.00 e. The van der Waals surface area contributed by atoms with Crippen LogP contribution in [-0.2, 0) is 61.9 Å². The van der Waals surface area contributed by atoms with Crippen molar-refractivity contribution in [3.8, 4) is 44.9 Å². The summed E-state index contributed by atoms with van der Waals surface area (Å²) in [6, 6.07) is 56.4. The average molecular weight is 1070 g/mol. The number of aryl methyl sites for hydroxylation is 2. The Bertz CT molecular complexity index is 2990. The van der Waals surface area contributed by atoms with Crippen LogP contribution in [0.15, 0.2) is 158 Å². The smallest absolute Gasteiger partial charge is 0.304 e. The summed E-state index contributed by atoms with van der Waals surface area (Å²) in [6.45, 7) is 15.3. The number of hydrogen-bond acceptors (Lipinski definition) is 3. The van der Waals surface area contributed by atoms with E-state index in [4.69, 9.17) is 15.0 Å². The molecule has 0 atom stereocenters. The first-order chi connectivity index (χ1) is 33.8. The third-order valence-electron chi connectivity index (χ3n) is 13.6. The molecule has 1 aliphatic carbocycles. The van der Waals surface area contributed by atoms with Crippen LogP contribution >= 0.6 is 0 Å². The average Bonchev–Trinajstić information content (AvgIpc) is 3.92. The molecule has 0 saturated heterocycles. The minimum atomic E-state index is -2.53. The van der Waals surface area contributed by atoms with Gasteiger partial charge >= 0.3 is 20.1 Å². The van der Waals surface area contributed by atoms with Gasteiger partial charge in [0.2, 0.25) is 0 Å². The number of nitrogens with zero attached hydrogens (tertiary/aromatic N) is 3. The first kappa shape index (κ1) is 43.5. The van der Waals surface area contributed by atoms with Crippen LogP contribution in [0.2, 0.25) is 0 Å². The number of benzene rings is 5. The topological polar surface area (TPSA) is 38.7 Å². The summed E-state index contributed by atoms with van der Waals surface area (Å²) in [4.78, 5) is 14.6. The molecule has 3 aromatic heterocycles. The summed E-state index contributed by atoms with van der Waals surface area (Å²) in [7, 11) is 0. The fraction of sp³-hybridized carbons (Fsp3) is 0.297. The molecule has 0 bridgehead atoms. The zero-order valence-electron chi connectivity index (χ0n) is 44.5. The number of aromatic nitrogens is 3. The Morgan fingerprint density at radius 2 is 1.06 bits per heavy atom. The molecular formula is C64H64IrN3. The van der Waals surface area contributed by atoms with E-state index in [1.807, 2.05) is 97.3 Å². The molecule has 5 aromatic carbocycles. The third kappa shape index (κ3) is 11.5. The Morgan fingerprint density at radius 1 is 0.515 bits per heavy atom. The maximum atomic E-state index is 10.1. The van der Waals surface area contributed by atoms with E-state index >= 15 is 0 Å². The second kappa shape index (κ2) is 20.8. The molecule has 9 rings (SSSR count). The van der Waals surface area contributed by atoms with Crippen LogP contribution in [0.3, 0.4) is 0 Å². The van der Waals surface area contributed by atoms with Gasteiger partial charge in [-0.1, -0.05) is 134 Å². The second-order valence-electron chi connectivity index (χ2n) is 20.8. The molecule has 0 spiro atoms. The predicted molar refractivity (Wildman–Crippen MR) is 278 cm³/mol. The van der Waals surface area contributed by atoms with Crippen molar-refractivity contribution in [2.75, 3.05) is 0 Å². The van der Waals surface area contributed by atoms with Gasteiger partial charge in [0.15, 0.2) is 0 Å². The molecule has 8 aromatic rings. The van der Waals surface area contributed by atoms with Gasteiger partial charge in [-0.15, -0.1) is 107 Å². The molecule has 0 N–H and O–H groups in total. The van der Waals surface area contributed by atoms with Crippen molar-refractivity contribution in [2.24, 2.45) is 0 Å². The first-order valence-corrected chi connectivity index (χ1v) is 23.9. The summed E-state index contributed by atoms with van der Waals surface area (Å²) >= 11 is 0. The molecule has 68 heavy (non-hydrogen) atoms. The van der Waals surface area contributed by atoms with Crippen molar-refractivity contribution in [1.82, 2.24) is 15.0 Å². The SMILES string of the molecule is [2H]C([2H])(c1cc(CC(C)(C)c2ccc(-c3[c-]cccc3)nc2)cc(CC(C)(C)c2ccc(-c3[c-]cccc3)nc2)c1)C([2H])([2H])c1cnc(-c2[c-]ccc(C(C)(C)C)c2)cc1-c1ccc(C2CCCC2)cc1.[Ir+3]. The Morgan fingerprint density at radius 3 is 1.57 bits per heavy atom. The molecule has 1 fully saturated rings. The molecule has 3 heterocycles. The van der Waals surface area contributed by atoms with Crippen LogP contribution in [-0.4, -0.2) is 15.0 Å². The van der Waals surface area contributed by atoms with Gasteiger partial charge in [-0.05, 0) is 128 Å². The van der Waals surface area contributed by atoms with E-state index in [1.165, 1.54) is 31.2 Å². The van der Waals surface area contributed by atoms with E-state index in [1.54, 1.807) is 6.20 Å². The van der Waals surface area contributed by atoms with Gasteiger partial charge in [0.1, 0.15) is 0 Å². The Labute approximate surface area is 426 Å². The van der Waals surface area contributed by atoms with E-state index in [0.29, 0.717) is 30.0 Å². The summed E-state index contributed by atoms with van der Waals surface area (Å²) in [5.74, 6) is 0.524. The van der Waals surface area contributed by atoms with Crippen molar-refractivity contribution in [3.63, 3.8) is 0 Å². The molecule has 0 amide bonds. The minimum Gasteiger partial charge on any atom is -0.304 e. The van der Waals surface area contributed by atoms with Gasteiger partial charge in [-0.3, -0.25) is 0 Å². The summed E-state index contributed by atoms with van der Waals surface area (Å²) in [5.41, 5.74) is 12.4. The standard InChI is InChI=1S/C64H64N3.Ir/c1-62(2,3)55-24-16-23-53(38-55)61-39-58(50-29-27-49(28-30-50)48-17-14-15-18-48)54(42-65-61)26-25-45-35-46(40-63(4,5)56-31-33-59(66-43-56)51-19-10-8-11-20-51)37-47(36-45)41-64(6,7)57-32-34-60(67-44-57)52-21-12-9-13-22-52;/h8-13,16,19,21,24,27-39,42-44,48H,14-15,17-18,25-26,40-41H2,1-7H3;/q-3;+3/i25D2,26D2;. The molecule has 0 aliphatic heterocycles. The molecule has 0 unspecified atom stereocenters. The summed E-state index contributed by atoms with van der Waals surface area (Å²) < 4.78 is 40.2. The molecule has 3 nitrogen and oxygen atoms in total. The van der Waals surface area contributed by atoms with Gasteiger partial charge in [0, 0.05) is 24.1 Å². The predicted octanol–water partition coefficient (Wildman–Crippen LogP) is 15.7. The summed E-state index contributed by atoms with van der Waals surface area (Å²) in [6.07, 6.45) is 6.34. The van der Waals surface area contributed by atoms with Crippen LogP contribution in [0.25, 0.3) is 44.9 Å². The van der Waals surface area contributed by atoms with Crippen LogP contribution in [0.1, 0.15) is 130 Å². The van der Waals surface area contributed by atoms with Crippen molar-refractivity contribution in [3.05, 3.63) is 221 Å². The maximum absolute atomic E-state index is 10.1. The fourth-order valence-corrected chi connectivity index (χ4v) is 9.63. The zero-order valence-corrected chi connectivity index (χ0v) is 42.9. The largest absolute Gasteiger partial charge is 3.00 e. The summed E-state index contributed by atoms with van der Waals surface area (Å²) in [5, 5.41) is 0. The van der Waals surface area contributed by atoms with Crippen molar-refractivity contribution < 1.29 is 25.6 Å². The molecule has 4 heteroatoms. The third-order valence-corrected chi connectivity index (χ3v) is 13.6. The van der Waals surface area contributed by atoms with E-state index in [0.717, 1.165) is 61.5 Å². The van der Waals surface area contributed by atoms with E-state index in [-0.39, 0.29) is 36.6 Å². The van der Waals surface area contributed by atoms with Gasteiger partial charge < -0.3 is 15.0 Å². The molecule has 344 valence electrons. The van der Waals surface area contributed by atoms with Gasteiger partial charge in [-0.25, -0.2) is 0 Å². The first-order valence-electron chi connectivity index (χ1n) is 25.9.